The Labute approximate surface area is 185 Å². The van der Waals surface area contributed by atoms with Crippen LogP contribution in [0.15, 0.2) is 65.1 Å². The highest BCUT2D eigenvalue weighted by Crippen LogP contribution is 2.26. The molecule has 2 aromatic heterocycles. The highest BCUT2D eigenvalue weighted by Gasteiger charge is 2.16. The summed E-state index contributed by atoms with van der Waals surface area (Å²) in [6.45, 7) is 5.43. The summed E-state index contributed by atoms with van der Waals surface area (Å²) >= 11 is 0. The van der Waals surface area contributed by atoms with E-state index < -0.39 is 11.7 Å². The van der Waals surface area contributed by atoms with Crippen LogP contribution >= 0.6 is 0 Å². The van der Waals surface area contributed by atoms with Crippen molar-refractivity contribution >= 4 is 34.5 Å². The van der Waals surface area contributed by atoms with Gasteiger partial charge in [-0.3, -0.25) is 5.32 Å². The number of carbonyl (C=O) groups is 1. The molecule has 160 valence electrons. The van der Waals surface area contributed by atoms with E-state index >= 15 is 0 Å². The van der Waals surface area contributed by atoms with E-state index in [0.29, 0.717) is 28.6 Å². The number of hydrogen-bond donors (Lipinski definition) is 2. The number of aromatic amines is 1. The molecular formula is C25H22N4O3. The molecule has 4 rings (SSSR count). The van der Waals surface area contributed by atoms with Gasteiger partial charge in [-0.1, -0.05) is 12.1 Å². The second kappa shape index (κ2) is 8.44. The number of furan rings is 1. The third-order valence-corrected chi connectivity index (χ3v) is 4.49. The van der Waals surface area contributed by atoms with E-state index in [2.05, 4.69) is 21.4 Å². The van der Waals surface area contributed by atoms with Crippen LogP contribution in [0.3, 0.4) is 0 Å². The van der Waals surface area contributed by atoms with E-state index in [1.165, 1.54) is 0 Å². The SMILES string of the molecule is CC(C)(C)OC(=O)Nc1ccc(-c2ccc(/C=C(\C#N)c3nc4ccccc4[nH]3)o2)cc1. The summed E-state index contributed by atoms with van der Waals surface area (Å²) in [6.07, 6.45) is 1.14. The van der Waals surface area contributed by atoms with Crippen molar-refractivity contribution < 1.29 is 13.9 Å². The number of imidazole rings is 1. The fourth-order valence-electron chi connectivity index (χ4n) is 3.10. The number of nitriles is 1. The van der Waals surface area contributed by atoms with E-state index in [4.69, 9.17) is 9.15 Å². The summed E-state index contributed by atoms with van der Waals surface area (Å²) in [5, 5.41) is 12.3. The van der Waals surface area contributed by atoms with Gasteiger partial charge in [0, 0.05) is 17.3 Å². The van der Waals surface area contributed by atoms with Gasteiger partial charge in [0.1, 0.15) is 29.0 Å². The minimum atomic E-state index is -0.563. The van der Waals surface area contributed by atoms with E-state index in [-0.39, 0.29) is 0 Å². The largest absolute Gasteiger partial charge is 0.457 e. The van der Waals surface area contributed by atoms with Crippen molar-refractivity contribution in [3.8, 4) is 17.4 Å². The number of rotatable bonds is 4. The third kappa shape index (κ3) is 4.87. The number of anilines is 1. The van der Waals surface area contributed by atoms with Gasteiger partial charge in [0.05, 0.1) is 16.6 Å². The monoisotopic (exact) mass is 426 g/mol. The zero-order valence-corrected chi connectivity index (χ0v) is 18.0. The highest BCUT2D eigenvalue weighted by molar-refractivity contribution is 5.90. The Morgan fingerprint density at radius 1 is 1.12 bits per heavy atom. The van der Waals surface area contributed by atoms with Crippen LogP contribution < -0.4 is 5.32 Å². The number of hydrogen-bond acceptors (Lipinski definition) is 5. The molecule has 7 heteroatoms. The van der Waals surface area contributed by atoms with Crippen molar-refractivity contribution in [2.75, 3.05) is 5.32 Å². The first kappa shape index (κ1) is 20.9. The third-order valence-electron chi connectivity index (χ3n) is 4.49. The van der Waals surface area contributed by atoms with Crippen LogP contribution in [0.4, 0.5) is 10.5 Å². The number of H-pyrrole nitrogens is 1. The molecular weight excluding hydrogens is 404 g/mol. The first-order valence-corrected chi connectivity index (χ1v) is 10.1. The van der Waals surface area contributed by atoms with E-state index in [9.17, 15) is 10.1 Å². The number of aromatic nitrogens is 2. The van der Waals surface area contributed by atoms with Crippen molar-refractivity contribution in [1.82, 2.24) is 9.97 Å². The smallest absolute Gasteiger partial charge is 0.412 e. The molecule has 0 saturated heterocycles. The maximum Gasteiger partial charge on any atom is 0.412 e. The molecule has 2 heterocycles. The average molecular weight is 426 g/mol. The summed E-state index contributed by atoms with van der Waals surface area (Å²) in [5.74, 6) is 1.67. The number of carbonyl (C=O) groups excluding carboxylic acids is 1. The van der Waals surface area contributed by atoms with Gasteiger partial charge in [0.25, 0.3) is 0 Å². The Morgan fingerprint density at radius 3 is 2.56 bits per heavy atom. The zero-order chi connectivity index (χ0) is 22.7. The molecule has 0 unspecified atom stereocenters. The summed E-state index contributed by atoms with van der Waals surface area (Å²) < 4.78 is 11.2. The minimum absolute atomic E-state index is 0.374. The van der Waals surface area contributed by atoms with Crippen LogP contribution in [0.25, 0.3) is 34.0 Å². The number of benzene rings is 2. The van der Waals surface area contributed by atoms with Crippen LogP contribution in [0.1, 0.15) is 32.4 Å². The number of nitrogens with zero attached hydrogens (tertiary/aromatic N) is 2. The maximum absolute atomic E-state index is 11.9. The molecule has 0 spiro atoms. The van der Waals surface area contributed by atoms with E-state index in [1.807, 2.05) is 63.2 Å². The molecule has 2 aromatic carbocycles. The Hall–Kier alpha value is -4.31. The van der Waals surface area contributed by atoms with Crippen molar-refractivity contribution in [2.45, 2.75) is 26.4 Å². The summed E-state index contributed by atoms with van der Waals surface area (Å²) in [4.78, 5) is 19.5. The predicted octanol–water partition coefficient (Wildman–Crippen LogP) is 6.23. The number of amides is 1. The molecule has 0 aliphatic heterocycles. The van der Waals surface area contributed by atoms with Gasteiger partial charge >= 0.3 is 6.09 Å². The summed E-state index contributed by atoms with van der Waals surface area (Å²) in [6, 6.07) is 20.6. The van der Waals surface area contributed by atoms with Crippen LogP contribution in [-0.4, -0.2) is 21.7 Å². The van der Waals surface area contributed by atoms with E-state index in [1.54, 1.807) is 24.3 Å². The Balaban J connectivity index is 1.50. The number of ether oxygens (including phenoxy) is 1. The molecule has 2 N–H and O–H groups in total. The van der Waals surface area contributed by atoms with Crippen molar-refractivity contribution in [3.63, 3.8) is 0 Å². The van der Waals surface area contributed by atoms with Crippen molar-refractivity contribution in [1.29, 1.82) is 5.26 Å². The molecule has 1 amide bonds. The quantitative estimate of drug-likeness (QED) is 0.376. The Bertz CT molecular complexity index is 1300. The predicted molar refractivity (Wildman–Crippen MR) is 124 cm³/mol. The van der Waals surface area contributed by atoms with E-state index in [0.717, 1.165) is 16.6 Å². The van der Waals surface area contributed by atoms with Crippen molar-refractivity contribution in [2.24, 2.45) is 0 Å². The first-order valence-electron chi connectivity index (χ1n) is 10.1. The number of fused-ring (bicyclic) bond motifs is 1. The standard InChI is InChI=1S/C25H22N4O3/c1-25(2,3)32-24(30)27-18-10-8-16(9-11-18)22-13-12-19(31-22)14-17(15-26)23-28-20-6-4-5-7-21(20)29-23/h4-14H,1-3H3,(H,27,30)(H,28,29)/b17-14+. The highest BCUT2D eigenvalue weighted by atomic mass is 16.6. The molecule has 32 heavy (non-hydrogen) atoms. The molecule has 0 aliphatic carbocycles. The Kier molecular flexibility index (Phi) is 5.52. The topological polar surface area (TPSA) is 104 Å². The second-order valence-electron chi connectivity index (χ2n) is 8.18. The van der Waals surface area contributed by atoms with Crippen LogP contribution in [-0.2, 0) is 4.74 Å². The fraction of sp³-hybridized carbons (Fsp3) is 0.160. The molecule has 0 saturated carbocycles. The van der Waals surface area contributed by atoms with Gasteiger partial charge in [0.15, 0.2) is 0 Å². The summed E-state index contributed by atoms with van der Waals surface area (Å²) in [7, 11) is 0. The number of nitrogens with one attached hydrogen (secondary N) is 2. The number of allylic oxidation sites excluding steroid dienone is 1. The minimum Gasteiger partial charge on any atom is -0.457 e. The van der Waals surface area contributed by atoms with Gasteiger partial charge in [-0.25, -0.2) is 9.78 Å². The molecule has 0 aliphatic rings. The zero-order valence-electron chi connectivity index (χ0n) is 18.0. The van der Waals surface area contributed by atoms with Crippen LogP contribution in [0.2, 0.25) is 0 Å². The normalized spacial score (nSPS) is 11.9. The number of para-hydroxylation sites is 2. The van der Waals surface area contributed by atoms with Gasteiger partial charge < -0.3 is 14.1 Å². The molecule has 0 atom stereocenters. The molecule has 0 radical (unpaired) electrons. The maximum atomic E-state index is 11.9. The van der Waals surface area contributed by atoms with Crippen LogP contribution in [0.5, 0.6) is 0 Å². The van der Waals surface area contributed by atoms with Gasteiger partial charge in [-0.2, -0.15) is 5.26 Å². The second-order valence-corrected chi connectivity index (χ2v) is 8.18. The van der Waals surface area contributed by atoms with Gasteiger partial charge in [-0.05, 0) is 69.3 Å². The fourth-order valence-corrected chi connectivity index (χ4v) is 3.10. The van der Waals surface area contributed by atoms with Crippen LogP contribution in [0, 0.1) is 11.3 Å². The lowest BCUT2D eigenvalue weighted by atomic mass is 10.1. The molecule has 0 fully saturated rings. The van der Waals surface area contributed by atoms with Gasteiger partial charge in [-0.15, -0.1) is 0 Å². The lowest BCUT2D eigenvalue weighted by Crippen LogP contribution is -2.27. The Morgan fingerprint density at radius 2 is 1.88 bits per heavy atom. The summed E-state index contributed by atoms with van der Waals surface area (Å²) in [5.41, 5.74) is 2.92. The first-order chi connectivity index (χ1) is 15.3. The lowest BCUT2D eigenvalue weighted by molar-refractivity contribution is 0.0636. The average Bonchev–Trinajstić information content (AvgIpc) is 3.38. The molecule has 0 bridgehead atoms. The van der Waals surface area contributed by atoms with Crippen molar-refractivity contribution in [3.05, 3.63) is 72.2 Å². The van der Waals surface area contributed by atoms with Gasteiger partial charge in [0.2, 0.25) is 0 Å². The molecule has 7 nitrogen and oxygen atoms in total. The molecule has 4 aromatic rings. The lowest BCUT2D eigenvalue weighted by Gasteiger charge is -2.19.